The molecule has 1 amide bonds. The molecule has 2 fully saturated rings. The van der Waals surface area contributed by atoms with Crippen LogP contribution in [0.5, 0.6) is 0 Å². The molecule has 1 saturated heterocycles. The molecule has 2 atom stereocenters. The molecule has 0 unspecified atom stereocenters. The lowest BCUT2D eigenvalue weighted by Gasteiger charge is -2.55. The van der Waals surface area contributed by atoms with E-state index in [2.05, 4.69) is 23.8 Å². The molecule has 2 aliphatic rings. The van der Waals surface area contributed by atoms with E-state index in [0.29, 0.717) is 36.1 Å². The van der Waals surface area contributed by atoms with Crippen molar-refractivity contribution in [3.05, 3.63) is 47.9 Å². The molecule has 26 heavy (non-hydrogen) atoms. The molecular weight excluding hydrogens is 326 g/mol. The number of hydrogen-bond acceptors (Lipinski definition) is 4. The summed E-state index contributed by atoms with van der Waals surface area (Å²) in [4.78, 5) is 24.0. The second-order valence-electron chi connectivity index (χ2n) is 8.47. The fraction of sp³-hybridized carbons (Fsp3) is 0.476. The number of aliphatic hydroxyl groups is 1. The van der Waals surface area contributed by atoms with Gasteiger partial charge >= 0.3 is 0 Å². The molecule has 0 radical (unpaired) electrons. The van der Waals surface area contributed by atoms with Crippen molar-refractivity contribution in [2.45, 2.75) is 27.2 Å². The van der Waals surface area contributed by atoms with E-state index in [-0.39, 0.29) is 23.3 Å². The highest BCUT2D eigenvalue weighted by molar-refractivity contribution is 5.99. The average molecular weight is 351 g/mol. The number of benzene rings is 1. The molecule has 0 bridgehead atoms. The lowest BCUT2D eigenvalue weighted by atomic mass is 9.48. The highest BCUT2D eigenvalue weighted by Gasteiger charge is 2.63. The van der Waals surface area contributed by atoms with Crippen LogP contribution in [0.2, 0.25) is 0 Å². The van der Waals surface area contributed by atoms with Gasteiger partial charge in [0.05, 0.1) is 17.9 Å². The minimum absolute atomic E-state index is 0.0399. The van der Waals surface area contributed by atoms with Crippen LogP contribution >= 0.6 is 0 Å². The third kappa shape index (κ3) is 2.53. The summed E-state index contributed by atoms with van der Waals surface area (Å²) in [6, 6.07) is 9.76. The number of amides is 1. The quantitative estimate of drug-likeness (QED) is 0.923. The number of aromatic nitrogens is 2. The van der Waals surface area contributed by atoms with Crippen LogP contribution in [0.1, 0.15) is 36.5 Å². The molecule has 1 aromatic carbocycles. The van der Waals surface area contributed by atoms with Gasteiger partial charge in [-0.25, -0.2) is 9.97 Å². The summed E-state index contributed by atoms with van der Waals surface area (Å²) in [5, 5.41) is 9.96. The van der Waals surface area contributed by atoms with Crippen LogP contribution in [-0.2, 0) is 0 Å². The van der Waals surface area contributed by atoms with E-state index in [9.17, 15) is 9.90 Å². The van der Waals surface area contributed by atoms with Gasteiger partial charge in [0.25, 0.3) is 5.91 Å². The first-order chi connectivity index (χ1) is 12.4. The van der Waals surface area contributed by atoms with Gasteiger partial charge in [-0.15, -0.1) is 0 Å². The predicted molar refractivity (Wildman–Crippen MR) is 99.5 cm³/mol. The number of carbonyl (C=O) groups excluding carboxylic acids is 1. The highest BCUT2D eigenvalue weighted by atomic mass is 16.3. The van der Waals surface area contributed by atoms with Crippen LogP contribution < -0.4 is 0 Å². The van der Waals surface area contributed by atoms with Gasteiger partial charge in [0.1, 0.15) is 5.82 Å². The van der Waals surface area contributed by atoms with Gasteiger partial charge in [-0.05, 0) is 24.7 Å². The lowest BCUT2D eigenvalue weighted by Crippen LogP contribution is -2.54. The fourth-order valence-corrected chi connectivity index (χ4v) is 5.11. The van der Waals surface area contributed by atoms with Gasteiger partial charge in [0.15, 0.2) is 0 Å². The van der Waals surface area contributed by atoms with Gasteiger partial charge in [-0.3, -0.25) is 4.79 Å². The van der Waals surface area contributed by atoms with Crippen molar-refractivity contribution in [3.63, 3.8) is 0 Å². The number of hydrogen-bond donors (Lipinski definition) is 1. The summed E-state index contributed by atoms with van der Waals surface area (Å²) >= 11 is 0. The molecule has 1 N–H and O–H groups in total. The Morgan fingerprint density at radius 1 is 1.31 bits per heavy atom. The molecule has 5 nitrogen and oxygen atoms in total. The number of carbonyl (C=O) groups is 1. The average Bonchev–Trinajstić information content (AvgIpc) is 2.97. The monoisotopic (exact) mass is 351 g/mol. The van der Waals surface area contributed by atoms with Crippen LogP contribution in [0.15, 0.2) is 36.5 Å². The molecule has 0 spiro atoms. The van der Waals surface area contributed by atoms with E-state index in [4.69, 9.17) is 0 Å². The van der Waals surface area contributed by atoms with E-state index in [1.807, 2.05) is 42.2 Å². The number of aliphatic hydroxyl groups excluding tert-OH is 1. The molecule has 5 heteroatoms. The fourth-order valence-electron chi connectivity index (χ4n) is 5.11. The Hall–Kier alpha value is -2.27. The maximum atomic E-state index is 13.3. The van der Waals surface area contributed by atoms with Crippen molar-refractivity contribution in [2.75, 3.05) is 19.7 Å². The third-order valence-corrected chi connectivity index (χ3v) is 6.19. The number of rotatable bonds is 3. The van der Waals surface area contributed by atoms with Crippen molar-refractivity contribution < 1.29 is 9.90 Å². The topological polar surface area (TPSA) is 66.3 Å². The second kappa shape index (κ2) is 5.88. The van der Waals surface area contributed by atoms with Gasteiger partial charge in [0.2, 0.25) is 0 Å². The van der Waals surface area contributed by atoms with E-state index >= 15 is 0 Å². The van der Waals surface area contributed by atoms with E-state index < -0.39 is 0 Å². The summed E-state index contributed by atoms with van der Waals surface area (Å²) < 4.78 is 0. The smallest absolute Gasteiger partial charge is 0.257 e. The van der Waals surface area contributed by atoms with Gasteiger partial charge in [0, 0.05) is 30.3 Å². The van der Waals surface area contributed by atoms with Crippen molar-refractivity contribution in [1.82, 2.24) is 14.9 Å². The summed E-state index contributed by atoms with van der Waals surface area (Å²) in [5.41, 5.74) is 2.16. The number of nitrogens with zero attached hydrogens (tertiary/aromatic N) is 3. The standard InChI is InChI=1S/C21H25N3O2/c1-14-22-9-16(18(23-14)15-7-5-4-6-8-15)19(26)24-10-17-20(2,3)11-21(17,12-24)13-25/h4-9,17,25H,10-13H2,1-3H3/t17-,21-/m1/s1. The van der Waals surface area contributed by atoms with Gasteiger partial charge in [-0.1, -0.05) is 44.2 Å². The zero-order valence-corrected chi connectivity index (χ0v) is 15.6. The number of likely N-dealkylation sites (tertiary alicyclic amines) is 1. The second-order valence-corrected chi connectivity index (χ2v) is 8.47. The zero-order valence-electron chi connectivity index (χ0n) is 15.6. The molecule has 2 aromatic rings. The molecular formula is C21H25N3O2. The Bertz CT molecular complexity index is 850. The van der Waals surface area contributed by atoms with E-state index in [1.54, 1.807) is 6.20 Å². The summed E-state index contributed by atoms with van der Waals surface area (Å²) in [6.07, 6.45) is 2.60. The largest absolute Gasteiger partial charge is 0.396 e. The Balaban J connectivity index is 1.68. The SMILES string of the molecule is Cc1ncc(C(=O)N2C[C@@H]3C(C)(C)C[C@]3(CO)C2)c(-c2ccccc2)n1. The molecule has 1 saturated carbocycles. The maximum absolute atomic E-state index is 13.3. The van der Waals surface area contributed by atoms with Crippen LogP contribution in [0.3, 0.4) is 0 Å². The van der Waals surface area contributed by atoms with Crippen molar-refractivity contribution in [3.8, 4) is 11.3 Å². The van der Waals surface area contributed by atoms with Crippen molar-refractivity contribution in [2.24, 2.45) is 16.7 Å². The van der Waals surface area contributed by atoms with Crippen LogP contribution in [0.4, 0.5) is 0 Å². The van der Waals surface area contributed by atoms with Crippen molar-refractivity contribution in [1.29, 1.82) is 0 Å². The Kier molecular flexibility index (Phi) is 3.88. The molecule has 1 aromatic heterocycles. The Labute approximate surface area is 154 Å². The van der Waals surface area contributed by atoms with Crippen LogP contribution in [0.25, 0.3) is 11.3 Å². The van der Waals surface area contributed by atoms with E-state index in [1.165, 1.54) is 0 Å². The first kappa shape index (κ1) is 17.2. The minimum Gasteiger partial charge on any atom is -0.396 e. The predicted octanol–water partition coefficient (Wildman–Crippen LogP) is 2.93. The summed E-state index contributed by atoms with van der Waals surface area (Å²) in [6.45, 7) is 7.72. The van der Waals surface area contributed by atoms with Gasteiger partial charge in [-0.2, -0.15) is 0 Å². The van der Waals surface area contributed by atoms with Crippen molar-refractivity contribution >= 4 is 5.91 Å². The highest BCUT2D eigenvalue weighted by Crippen LogP contribution is 2.62. The molecule has 1 aliphatic carbocycles. The molecule has 136 valence electrons. The first-order valence-corrected chi connectivity index (χ1v) is 9.15. The third-order valence-electron chi connectivity index (χ3n) is 6.19. The lowest BCUT2D eigenvalue weighted by molar-refractivity contribution is -0.0977. The molecule has 4 rings (SSSR count). The van der Waals surface area contributed by atoms with E-state index in [0.717, 1.165) is 12.0 Å². The van der Waals surface area contributed by atoms with Crippen LogP contribution in [0, 0.1) is 23.7 Å². The normalized spacial score (nSPS) is 26.3. The minimum atomic E-state index is -0.141. The Morgan fingerprint density at radius 3 is 2.65 bits per heavy atom. The first-order valence-electron chi connectivity index (χ1n) is 9.15. The molecule has 2 heterocycles. The number of fused-ring (bicyclic) bond motifs is 1. The summed E-state index contributed by atoms with van der Waals surface area (Å²) in [5.74, 6) is 0.951. The summed E-state index contributed by atoms with van der Waals surface area (Å²) in [7, 11) is 0. The van der Waals surface area contributed by atoms with Crippen LogP contribution in [-0.4, -0.2) is 45.6 Å². The van der Waals surface area contributed by atoms with Gasteiger partial charge < -0.3 is 10.0 Å². The Morgan fingerprint density at radius 2 is 2.04 bits per heavy atom. The zero-order chi connectivity index (χ0) is 18.5. The molecule has 1 aliphatic heterocycles. The maximum Gasteiger partial charge on any atom is 0.257 e. The number of aryl methyl sites for hydroxylation is 1.